The Bertz CT molecular complexity index is 1300. The molecule has 1 heterocycles. The third kappa shape index (κ3) is 6.55. The van der Waals surface area contributed by atoms with E-state index >= 15 is 0 Å². The number of fused-ring (bicyclic) bond motifs is 2. The van der Waals surface area contributed by atoms with Crippen LogP contribution in [0.2, 0.25) is 0 Å². The number of aromatic hydroxyl groups is 1. The van der Waals surface area contributed by atoms with E-state index in [1.807, 2.05) is 38.1 Å². The van der Waals surface area contributed by atoms with Crippen molar-refractivity contribution in [2.24, 2.45) is 22.7 Å². The Kier molecular flexibility index (Phi) is 8.91. The van der Waals surface area contributed by atoms with Crippen molar-refractivity contribution in [3.8, 4) is 22.6 Å². The van der Waals surface area contributed by atoms with Gasteiger partial charge in [0.05, 0.1) is 12.9 Å². The number of nitrogens with zero attached hydrogens (tertiary/aromatic N) is 2. The van der Waals surface area contributed by atoms with Gasteiger partial charge in [0.15, 0.2) is 5.78 Å². The molecule has 0 aromatic heterocycles. The molecule has 1 aliphatic heterocycles. The van der Waals surface area contributed by atoms with Crippen molar-refractivity contribution in [1.29, 1.82) is 0 Å². The summed E-state index contributed by atoms with van der Waals surface area (Å²) >= 11 is 0. The summed E-state index contributed by atoms with van der Waals surface area (Å²) in [5.74, 6) is 4.23. The smallest absolute Gasteiger partial charge is 0.180 e. The van der Waals surface area contributed by atoms with Gasteiger partial charge in [0.25, 0.3) is 0 Å². The van der Waals surface area contributed by atoms with Gasteiger partial charge in [-0.05, 0) is 135 Å². The summed E-state index contributed by atoms with van der Waals surface area (Å²) < 4.78 is 5.68. The van der Waals surface area contributed by atoms with E-state index in [-0.39, 0.29) is 17.7 Å². The summed E-state index contributed by atoms with van der Waals surface area (Å²) in [7, 11) is 1.67. The number of hydrogen-bond donors (Lipinski definition) is 1. The average molecular weight is 557 g/mol. The maximum atomic E-state index is 13.0. The lowest BCUT2D eigenvalue weighted by molar-refractivity contribution is -0.114. The van der Waals surface area contributed by atoms with Gasteiger partial charge in [-0.3, -0.25) is 9.79 Å². The highest BCUT2D eigenvalue weighted by Gasteiger charge is 2.46. The van der Waals surface area contributed by atoms with Crippen molar-refractivity contribution >= 4 is 17.7 Å². The molecule has 5 nitrogen and oxygen atoms in total. The molecule has 220 valence electrons. The molecule has 41 heavy (non-hydrogen) atoms. The SMILES string of the molecule is COc1ccc(-c2ccc(O)c(C34CC(C)CC(CC(C)C3)C4)c2)cc1/C=C(\C)C(=O)CN=C(C)N1CCCCC1. The fourth-order valence-electron chi connectivity index (χ4n) is 8.14. The van der Waals surface area contributed by atoms with E-state index in [0.29, 0.717) is 23.2 Å². The van der Waals surface area contributed by atoms with Crippen LogP contribution in [0.25, 0.3) is 17.2 Å². The van der Waals surface area contributed by atoms with E-state index in [2.05, 4.69) is 41.9 Å². The summed E-state index contributed by atoms with van der Waals surface area (Å²) in [5, 5.41) is 11.1. The fourth-order valence-corrected chi connectivity index (χ4v) is 8.14. The second-order valence-corrected chi connectivity index (χ2v) is 13.3. The molecule has 2 aromatic rings. The Morgan fingerprint density at radius 1 is 1.00 bits per heavy atom. The molecule has 5 rings (SSSR count). The second-order valence-electron chi connectivity index (χ2n) is 13.3. The molecule has 2 saturated carbocycles. The van der Waals surface area contributed by atoms with E-state index in [4.69, 9.17) is 4.74 Å². The predicted molar refractivity (Wildman–Crippen MR) is 169 cm³/mol. The first-order chi connectivity index (χ1) is 19.7. The van der Waals surface area contributed by atoms with Crippen LogP contribution in [0.4, 0.5) is 0 Å². The number of hydrogen-bond acceptors (Lipinski definition) is 4. The number of Topliss-reactive ketones (excluding diaryl/α,β-unsaturated/α-hetero) is 1. The van der Waals surface area contributed by atoms with Crippen molar-refractivity contribution < 1.29 is 14.6 Å². The number of aliphatic imine (C=N–C) groups is 1. The Morgan fingerprint density at radius 3 is 2.34 bits per heavy atom. The number of amidine groups is 1. The van der Waals surface area contributed by atoms with Crippen LogP contribution in [-0.2, 0) is 10.2 Å². The van der Waals surface area contributed by atoms with Crippen molar-refractivity contribution in [2.75, 3.05) is 26.7 Å². The first kappa shape index (κ1) is 29.4. The number of rotatable bonds is 7. The Labute approximate surface area is 246 Å². The number of piperidine rings is 1. The lowest BCUT2D eigenvalue weighted by atomic mass is 9.54. The van der Waals surface area contributed by atoms with Crippen molar-refractivity contribution in [2.45, 2.75) is 84.5 Å². The van der Waals surface area contributed by atoms with Crippen LogP contribution in [0.1, 0.15) is 90.2 Å². The number of phenolic OH excluding ortho intramolecular Hbond substituents is 1. The van der Waals surface area contributed by atoms with Gasteiger partial charge < -0.3 is 14.7 Å². The Hall–Kier alpha value is -3.08. The standard InChI is InChI=1S/C36H48N2O3/c1-24-15-28-16-25(2)21-36(20-24,22-28)32-19-30(9-11-33(32)39)29-10-12-35(41-5)31(18-29)17-26(3)34(40)23-37-27(4)38-13-7-6-8-14-38/h9-12,17-19,24-25,28,39H,6-8,13-16,20-23H2,1-5H3/b26-17+,37-27?. The van der Waals surface area contributed by atoms with Gasteiger partial charge >= 0.3 is 0 Å². The molecule has 0 spiro atoms. The monoisotopic (exact) mass is 556 g/mol. The molecule has 2 aromatic carbocycles. The fraction of sp³-hybridized carbons (Fsp3) is 0.556. The molecule has 1 saturated heterocycles. The maximum Gasteiger partial charge on any atom is 0.180 e. The average Bonchev–Trinajstić information content (AvgIpc) is 2.95. The zero-order valence-corrected chi connectivity index (χ0v) is 25.7. The molecule has 0 radical (unpaired) electrons. The molecule has 1 N–H and O–H groups in total. The van der Waals surface area contributed by atoms with Gasteiger partial charge in [-0.2, -0.15) is 0 Å². The normalized spacial score (nSPS) is 27.0. The first-order valence-electron chi connectivity index (χ1n) is 15.7. The molecule has 2 unspecified atom stereocenters. The minimum absolute atomic E-state index is 0.0206. The summed E-state index contributed by atoms with van der Waals surface area (Å²) in [6.07, 6.45) is 11.7. The highest BCUT2D eigenvalue weighted by molar-refractivity contribution is 6.01. The minimum Gasteiger partial charge on any atom is -0.508 e. The first-order valence-corrected chi connectivity index (χ1v) is 15.7. The molecular weight excluding hydrogens is 508 g/mol. The number of phenols is 1. The van der Waals surface area contributed by atoms with Gasteiger partial charge in [-0.15, -0.1) is 0 Å². The van der Waals surface area contributed by atoms with Crippen molar-refractivity contribution in [3.63, 3.8) is 0 Å². The number of methoxy groups -OCH3 is 1. The quantitative estimate of drug-likeness (QED) is 0.213. The van der Waals surface area contributed by atoms with Gasteiger partial charge in [0.2, 0.25) is 0 Å². The number of carbonyl (C=O) groups is 1. The van der Waals surface area contributed by atoms with Gasteiger partial charge in [-0.1, -0.05) is 26.0 Å². The topological polar surface area (TPSA) is 62.1 Å². The number of carbonyl (C=O) groups excluding carboxylic acids is 1. The van der Waals surface area contributed by atoms with Gasteiger partial charge in [-0.25, -0.2) is 0 Å². The molecule has 3 fully saturated rings. The molecule has 2 aliphatic carbocycles. The van der Waals surface area contributed by atoms with E-state index in [0.717, 1.165) is 65.7 Å². The van der Waals surface area contributed by atoms with Crippen LogP contribution >= 0.6 is 0 Å². The van der Waals surface area contributed by atoms with Crippen LogP contribution in [0.5, 0.6) is 11.5 Å². The van der Waals surface area contributed by atoms with Crippen molar-refractivity contribution in [1.82, 2.24) is 4.90 Å². The van der Waals surface area contributed by atoms with Crippen LogP contribution < -0.4 is 4.74 Å². The third-order valence-corrected chi connectivity index (χ3v) is 9.84. The number of ketones is 1. The Morgan fingerprint density at radius 2 is 1.66 bits per heavy atom. The molecular formula is C36H48N2O3. The summed E-state index contributed by atoms with van der Waals surface area (Å²) in [5.41, 5.74) is 4.84. The summed E-state index contributed by atoms with van der Waals surface area (Å²) in [6, 6.07) is 12.3. The van der Waals surface area contributed by atoms with Crippen LogP contribution in [0.3, 0.4) is 0 Å². The van der Waals surface area contributed by atoms with E-state index in [9.17, 15) is 9.90 Å². The molecule has 2 bridgehead atoms. The molecule has 5 heteroatoms. The number of benzene rings is 2. The lowest BCUT2D eigenvalue weighted by Gasteiger charge is -2.50. The van der Waals surface area contributed by atoms with Gasteiger partial charge in [0.1, 0.15) is 18.0 Å². The van der Waals surface area contributed by atoms with Crippen LogP contribution in [-0.4, -0.2) is 48.4 Å². The minimum atomic E-state index is 0.0206. The summed E-state index contributed by atoms with van der Waals surface area (Å²) in [6.45, 7) is 10.9. The maximum absolute atomic E-state index is 13.0. The third-order valence-electron chi connectivity index (χ3n) is 9.84. The van der Waals surface area contributed by atoms with Crippen LogP contribution in [0, 0.1) is 17.8 Å². The highest BCUT2D eigenvalue weighted by atomic mass is 16.5. The molecule has 3 aliphatic rings. The van der Waals surface area contributed by atoms with E-state index < -0.39 is 0 Å². The number of likely N-dealkylation sites (tertiary alicyclic amines) is 1. The number of ether oxygens (including phenoxy) is 1. The molecule has 0 amide bonds. The van der Waals surface area contributed by atoms with Crippen molar-refractivity contribution in [3.05, 3.63) is 53.1 Å². The zero-order valence-electron chi connectivity index (χ0n) is 25.7. The van der Waals surface area contributed by atoms with E-state index in [1.54, 1.807) is 7.11 Å². The van der Waals surface area contributed by atoms with E-state index in [1.165, 1.54) is 38.5 Å². The predicted octanol–water partition coefficient (Wildman–Crippen LogP) is 8.05. The highest BCUT2D eigenvalue weighted by Crippen LogP contribution is 2.56. The molecule has 2 atom stereocenters. The Balaban J connectivity index is 1.41. The summed E-state index contributed by atoms with van der Waals surface area (Å²) in [4.78, 5) is 19.9. The zero-order chi connectivity index (χ0) is 29.1. The second kappa shape index (κ2) is 12.4. The largest absolute Gasteiger partial charge is 0.508 e. The van der Waals surface area contributed by atoms with Gasteiger partial charge in [0, 0.05) is 24.2 Å². The lowest BCUT2D eigenvalue weighted by Crippen LogP contribution is -2.42. The van der Waals surface area contributed by atoms with Crippen LogP contribution in [0.15, 0.2) is 47.0 Å².